The summed E-state index contributed by atoms with van der Waals surface area (Å²) in [6.45, 7) is -0.230. The number of carbonyl (C=O) groups is 2. The number of nitrogens with one attached hydrogen (secondary N) is 1. The smallest absolute Gasteiger partial charge is 0.246 e. The molecule has 31 heavy (non-hydrogen) atoms. The van der Waals surface area contributed by atoms with Crippen molar-refractivity contribution in [3.05, 3.63) is 70.6 Å². The summed E-state index contributed by atoms with van der Waals surface area (Å²) < 4.78 is 0. The van der Waals surface area contributed by atoms with Crippen LogP contribution in [0.3, 0.4) is 0 Å². The summed E-state index contributed by atoms with van der Waals surface area (Å²) >= 11 is 0. The second-order valence-electron chi connectivity index (χ2n) is 7.84. The van der Waals surface area contributed by atoms with Crippen molar-refractivity contribution in [2.24, 2.45) is 0 Å². The van der Waals surface area contributed by atoms with Crippen LogP contribution in [-0.4, -0.2) is 62.7 Å². The molecule has 0 radical (unpaired) electrons. The van der Waals surface area contributed by atoms with E-state index in [2.05, 4.69) is 4.98 Å². The Bertz CT molecular complexity index is 1170. The molecule has 1 aromatic heterocycles. The van der Waals surface area contributed by atoms with Crippen molar-refractivity contribution in [3.8, 4) is 0 Å². The number of para-hydroxylation sites is 1. The molecule has 0 spiro atoms. The fourth-order valence-electron chi connectivity index (χ4n) is 4.79. The highest BCUT2D eigenvalue weighted by atomic mass is 16.8. The van der Waals surface area contributed by atoms with Gasteiger partial charge in [0.15, 0.2) is 0 Å². The van der Waals surface area contributed by atoms with Gasteiger partial charge in [-0.1, -0.05) is 30.3 Å². The number of hydrogen-bond acceptors (Lipinski definition) is 6. The van der Waals surface area contributed by atoms with Crippen LogP contribution in [0, 0.1) is 5.21 Å². The van der Waals surface area contributed by atoms with Gasteiger partial charge < -0.3 is 30.3 Å². The molecule has 0 bridgehead atoms. The van der Waals surface area contributed by atoms with Crippen LogP contribution >= 0.6 is 0 Å². The number of benzene rings is 2. The Balaban J connectivity index is 1.71. The standard InChI is InChI=1S/C22H21N4O5/c27-9-8-24-12-19(28)25-18(22(24)29)11-16-15-6-1-2-7-17(15)23-20(16)21(25)13-4-3-5-14(10-13)26(30)31/h1-7,10,18,21,23,27,30H,8-9,11-12H2/q-1. The number of fused-ring (bicyclic) bond motifs is 4. The lowest BCUT2D eigenvalue weighted by atomic mass is 9.86. The SMILES string of the molecule is O=C1C2Cc3c([nH]c4ccccc34)C(c3cccc(N([O-])O)c3)N2C(=O)CN1CCO. The number of piperazine rings is 1. The summed E-state index contributed by atoms with van der Waals surface area (Å²) in [6.07, 6.45) is 0.357. The molecule has 160 valence electrons. The highest BCUT2D eigenvalue weighted by Gasteiger charge is 2.48. The molecule has 3 aromatic rings. The Morgan fingerprint density at radius 1 is 1.16 bits per heavy atom. The number of carbonyl (C=O) groups excluding carboxylic acids is 2. The van der Waals surface area contributed by atoms with E-state index in [4.69, 9.17) is 0 Å². The molecule has 2 amide bonds. The molecule has 2 aliphatic heterocycles. The van der Waals surface area contributed by atoms with E-state index < -0.39 is 12.1 Å². The highest BCUT2D eigenvalue weighted by Crippen LogP contribution is 2.43. The highest BCUT2D eigenvalue weighted by molar-refractivity contribution is 5.97. The number of rotatable bonds is 4. The zero-order valence-electron chi connectivity index (χ0n) is 16.6. The lowest BCUT2D eigenvalue weighted by Gasteiger charge is -2.47. The van der Waals surface area contributed by atoms with Gasteiger partial charge in [0.25, 0.3) is 0 Å². The number of nitrogens with zero attached hydrogens (tertiary/aromatic N) is 3. The molecule has 1 saturated heterocycles. The molecule has 3 heterocycles. The minimum atomic E-state index is -0.717. The van der Waals surface area contributed by atoms with Crippen LogP contribution in [0.15, 0.2) is 48.5 Å². The van der Waals surface area contributed by atoms with E-state index >= 15 is 0 Å². The van der Waals surface area contributed by atoms with Gasteiger partial charge in [-0.25, -0.2) is 0 Å². The quantitative estimate of drug-likeness (QED) is 0.549. The van der Waals surface area contributed by atoms with E-state index in [1.807, 2.05) is 24.3 Å². The van der Waals surface area contributed by atoms with Crippen molar-refractivity contribution in [2.75, 3.05) is 24.9 Å². The Kier molecular flexibility index (Phi) is 4.66. The first-order chi connectivity index (χ1) is 15.0. The van der Waals surface area contributed by atoms with E-state index in [1.165, 1.54) is 17.0 Å². The summed E-state index contributed by atoms with van der Waals surface area (Å²) in [5.41, 5.74) is 3.29. The molecule has 9 nitrogen and oxygen atoms in total. The Hall–Kier alpha value is -3.40. The molecule has 1 fully saturated rings. The molecular weight excluding hydrogens is 400 g/mol. The summed E-state index contributed by atoms with van der Waals surface area (Å²) in [7, 11) is 0. The molecule has 2 aromatic carbocycles. The van der Waals surface area contributed by atoms with Gasteiger partial charge in [0.05, 0.1) is 24.9 Å². The third kappa shape index (κ3) is 3.05. The van der Waals surface area contributed by atoms with Crippen LogP contribution in [0.25, 0.3) is 10.9 Å². The molecule has 2 aliphatic rings. The first kappa shape index (κ1) is 19.6. The van der Waals surface area contributed by atoms with Gasteiger partial charge in [-0.15, -0.1) is 0 Å². The van der Waals surface area contributed by atoms with Crippen LogP contribution in [0.4, 0.5) is 5.69 Å². The van der Waals surface area contributed by atoms with Gasteiger partial charge >= 0.3 is 0 Å². The number of aromatic amines is 1. The van der Waals surface area contributed by atoms with E-state index in [9.17, 15) is 25.1 Å². The Labute approximate surface area is 177 Å². The first-order valence-electron chi connectivity index (χ1n) is 10.1. The van der Waals surface area contributed by atoms with Crippen molar-refractivity contribution in [1.29, 1.82) is 0 Å². The monoisotopic (exact) mass is 421 g/mol. The number of amides is 2. The lowest BCUT2D eigenvalue weighted by Crippen LogP contribution is -2.63. The third-order valence-corrected chi connectivity index (χ3v) is 6.12. The molecule has 0 aliphatic carbocycles. The summed E-state index contributed by atoms with van der Waals surface area (Å²) in [4.78, 5) is 32.8. The van der Waals surface area contributed by atoms with Crippen molar-refractivity contribution in [1.82, 2.24) is 14.8 Å². The zero-order valence-corrected chi connectivity index (χ0v) is 16.6. The van der Waals surface area contributed by atoms with Gasteiger partial charge in [-0.2, -0.15) is 0 Å². The minimum Gasteiger partial charge on any atom is -0.733 e. The van der Waals surface area contributed by atoms with E-state index in [0.717, 1.165) is 22.2 Å². The molecule has 9 heteroatoms. The molecule has 2 unspecified atom stereocenters. The molecule has 2 atom stereocenters. The minimum absolute atomic E-state index is 0.0370. The van der Waals surface area contributed by atoms with Crippen LogP contribution in [0.1, 0.15) is 22.9 Å². The van der Waals surface area contributed by atoms with Gasteiger partial charge in [-0.3, -0.25) is 14.8 Å². The number of aromatic nitrogens is 1. The van der Waals surface area contributed by atoms with Gasteiger partial charge in [0.1, 0.15) is 6.04 Å². The second-order valence-corrected chi connectivity index (χ2v) is 7.84. The second kappa shape index (κ2) is 7.38. The predicted molar refractivity (Wildman–Crippen MR) is 112 cm³/mol. The maximum atomic E-state index is 13.2. The fraction of sp³-hybridized carbons (Fsp3) is 0.273. The lowest BCUT2D eigenvalue weighted by molar-refractivity contribution is -0.159. The van der Waals surface area contributed by atoms with Gasteiger partial charge in [0.2, 0.25) is 11.8 Å². The molecule has 0 saturated carbocycles. The number of β-amino-alcohol motifs (C(OH)–C–C–N with tert-alkyl or cyclic N) is 1. The maximum Gasteiger partial charge on any atom is 0.246 e. The predicted octanol–water partition coefficient (Wildman–Crippen LogP) is 1.54. The van der Waals surface area contributed by atoms with Crippen molar-refractivity contribution in [3.63, 3.8) is 0 Å². The average Bonchev–Trinajstić information content (AvgIpc) is 3.14. The number of aliphatic hydroxyl groups excluding tert-OH is 1. The van der Waals surface area contributed by atoms with Crippen LogP contribution in [0.2, 0.25) is 0 Å². The Morgan fingerprint density at radius 3 is 2.74 bits per heavy atom. The van der Waals surface area contributed by atoms with Crippen molar-refractivity contribution in [2.45, 2.75) is 18.5 Å². The summed E-state index contributed by atoms with van der Waals surface area (Å²) in [6, 6.07) is 12.8. The van der Waals surface area contributed by atoms with E-state index in [0.29, 0.717) is 12.0 Å². The molecule has 5 rings (SSSR count). The Morgan fingerprint density at radius 2 is 1.97 bits per heavy atom. The fourth-order valence-corrected chi connectivity index (χ4v) is 4.79. The topological polar surface area (TPSA) is 123 Å². The number of anilines is 1. The van der Waals surface area contributed by atoms with Crippen LogP contribution in [0.5, 0.6) is 0 Å². The van der Waals surface area contributed by atoms with Crippen LogP contribution < -0.4 is 5.23 Å². The molecular formula is C22H21N4O5-. The van der Waals surface area contributed by atoms with Crippen LogP contribution in [-0.2, 0) is 16.0 Å². The maximum absolute atomic E-state index is 13.2. The third-order valence-electron chi connectivity index (χ3n) is 6.12. The van der Waals surface area contributed by atoms with E-state index in [-0.39, 0.29) is 42.4 Å². The summed E-state index contributed by atoms with van der Waals surface area (Å²) in [5, 5.41) is 30.9. The van der Waals surface area contributed by atoms with Gasteiger partial charge in [0, 0.05) is 29.6 Å². The number of hydrogen-bond donors (Lipinski definition) is 3. The largest absolute Gasteiger partial charge is 0.733 e. The number of H-pyrrole nitrogens is 1. The average molecular weight is 421 g/mol. The van der Waals surface area contributed by atoms with Crippen molar-refractivity contribution < 1.29 is 19.9 Å². The van der Waals surface area contributed by atoms with E-state index in [1.54, 1.807) is 17.0 Å². The normalized spacial score (nSPS) is 20.7. The van der Waals surface area contributed by atoms with Crippen molar-refractivity contribution >= 4 is 28.4 Å². The number of aliphatic hydroxyl groups is 1. The zero-order chi connectivity index (χ0) is 21.7. The molecule has 3 N–H and O–H groups in total. The first-order valence-corrected chi connectivity index (χ1v) is 10.1. The summed E-state index contributed by atoms with van der Waals surface area (Å²) in [5.74, 6) is -0.445. The van der Waals surface area contributed by atoms with Gasteiger partial charge in [-0.05, 0) is 29.3 Å².